The quantitative estimate of drug-likeness (QED) is 0.199. The second-order valence-electron chi connectivity index (χ2n) is 8.14. The SMILES string of the molecule is Cc1cc(O)c(C(=O)/C=C/c2ccccc2Cl)c(-c2ccccc2)c1C(=O)/C=C/c1ccccc1Cl. The molecule has 0 aliphatic carbocycles. The van der Waals surface area contributed by atoms with Gasteiger partial charge in [0.25, 0.3) is 0 Å². The number of aryl methyl sites for hydroxylation is 1. The van der Waals surface area contributed by atoms with Gasteiger partial charge in [-0.2, -0.15) is 0 Å². The summed E-state index contributed by atoms with van der Waals surface area (Å²) in [5.41, 5.74) is 3.30. The Kier molecular flexibility index (Phi) is 7.84. The molecule has 0 heterocycles. The van der Waals surface area contributed by atoms with Gasteiger partial charge in [0.05, 0.1) is 5.56 Å². The van der Waals surface area contributed by atoms with Gasteiger partial charge in [0.1, 0.15) is 5.75 Å². The van der Waals surface area contributed by atoms with E-state index in [2.05, 4.69) is 0 Å². The number of rotatable bonds is 7. The number of ketones is 2. The summed E-state index contributed by atoms with van der Waals surface area (Å²) in [6.07, 6.45) is 6.02. The van der Waals surface area contributed by atoms with Crippen LogP contribution in [0.2, 0.25) is 10.0 Å². The molecule has 0 unspecified atom stereocenters. The van der Waals surface area contributed by atoms with Gasteiger partial charge in [0.15, 0.2) is 11.6 Å². The zero-order valence-electron chi connectivity index (χ0n) is 19.4. The van der Waals surface area contributed by atoms with Crippen molar-refractivity contribution in [3.8, 4) is 16.9 Å². The van der Waals surface area contributed by atoms with Crippen LogP contribution < -0.4 is 0 Å². The predicted octanol–water partition coefficient (Wildman–Crippen LogP) is 8.47. The van der Waals surface area contributed by atoms with Gasteiger partial charge in [-0.05, 0) is 71.7 Å². The molecule has 0 aromatic heterocycles. The van der Waals surface area contributed by atoms with E-state index in [9.17, 15) is 14.7 Å². The summed E-state index contributed by atoms with van der Waals surface area (Å²) in [6.45, 7) is 1.73. The van der Waals surface area contributed by atoms with E-state index >= 15 is 0 Å². The lowest BCUT2D eigenvalue weighted by Crippen LogP contribution is -2.08. The summed E-state index contributed by atoms with van der Waals surface area (Å²) in [5, 5.41) is 11.9. The van der Waals surface area contributed by atoms with Gasteiger partial charge in [-0.25, -0.2) is 0 Å². The number of halogens is 2. The summed E-state index contributed by atoms with van der Waals surface area (Å²) < 4.78 is 0. The lowest BCUT2D eigenvalue weighted by atomic mass is 9.86. The summed E-state index contributed by atoms with van der Waals surface area (Å²) in [4.78, 5) is 26.9. The summed E-state index contributed by atoms with van der Waals surface area (Å²) in [6, 6.07) is 24.9. The number of phenolic OH excluding ortho intramolecular Hbond substituents is 1. The Hall–Kier alpha value is -3.92. The minimum absolute atomic E-state index is 0.0459. The van der Waals surface area contributed by atoms with Crippen molar-refractivity contribution in [2.24, 2.45) is 0 Å². The van der Waals surface area contributed by atoms with Crippen molar-refractivity contribution in [1.29, 1.82) is 0 Å². The van der Waals surface area contributed by atoms with Crippen LogP contribution in [0.3, 0.4) is 0 Å². The van der Waals surface area contributed by atoms with Crippen LogP contribution in [0.25, 0.3) is 23.3 Å². The molecule has 3 nitrogen and oxygen atoms in total. The van der Waals surface area contributed by atoms with Gasteiger partial charge in [-0.3, -0.25) is 9.59 Å². The highest BCUT2D eigenvalue weighted by Gasteiger charge is 2.24. The van der Waals surface area contributed by atoms with Crippen LogP contribution >= 0.6 is 23.2 Å². The molecule has 0 aliphatic heterocycles. The maximum Gasteiger partial charge on any atom is 0.190 e. The predicted molar refractivity (Wildman–Crippen MR) is 148 cm³/mol. The Labute approximate surface area is 220 Å². The normalized spacial score (nSPS) is 11.3. The molecular weight excluding hydrogens is 491 g/mol. The van der Waals surface area contributed by atoms with Crippen LogP contribution in [0.4, 0.5) is 0 Å². The number of hydrogen-bond donors (Lipinski definition) is 1. The number of hydrogen-bond acceptors (Lipinski definition) is 3. The van der Waals surface area contributed by atoms with Crippen LogP contribution in [0, 0.1) is 6.92 Å². The zero-order chi connectivity index (χ0) is 25.7. The smallest absolute Gasteiger partial charge is 0.190 e. The van der Waals surface area contributed by atoms with Gasteiger partial charge < -0.3 is 5.11 Å². The van der Waals surface area contributed by atoms with Crippen molar-refractivity contribution in [1.82, 2.24) is 0 Å². The number of phenols is 1. The minimum Gasteiger partial charge on any atom is -0.507 e. The van der Waals surface area contributed by atoms with E-state index in [1.165, 1.54) is 18.2 Å². The molecule has 0 amide bonds. The summed E-state index contributed by atoms with van der Waals surface area (Å²) in [5.74, 6) is -0.961. The summed E-state index contributed by atoms with van der Waals surface area (Å²) >= 11 is 12.5. The number of benzene rings is 4. The maximum absolute atomic E-state index is 13.5. The fourth-order valence-corrected chi connectivity index (χ4v) is 4.38. The average Bonchev–Trinajstić information content (AvgIpc) is 2.87. The third-order valence-electron chi connectivity index (χ3n) is 5.70. The van der Waals surface area contributed by atoms with Gasteiger partial charge >= 0.3 is 0 Å². The van der Waals surface area contributed by atoms with E-state index in [1.807, 2.05) is 42.5 Å². The monoisotopic (exact) mass is 512 g/mol. The third-order valence-corrected chi connectivity index (χ3v) is 6.39. The molecule has 4 aromatic carbocycles. The first-order valence-electron chi connectivity index (χ1n) is 11.2. The molecule has 0 bridgehead atoms. The molecule has 0 saturated heterocycles. The maximum atomic E-state index is 13.5. The number of aromatic hydroxyl groups is 1. The molecule has 0 fully saturated rings. The van der Waals surface area contributed by atoms with E-state index in [-0.39, 0.29) is 17.1 Å². The largest absolute Gasteiger partial charge is 0.507 e. The van der Waals surface area contributed by atoms with Crippen molar-refractivity contribution < 1.29 is 14.7 Å². The molecule has 0 radical (unpaired) electrons. The van der Waals surface area contributed by atoms with E-state index < -0.39 is 5.78 Å². The molecular formula is C31H22Cl2O3. The highest BCUT2D eigenvalue weighted by molar-refractivity contribution is 6.32. The Balaban J connectivity index is 1.86. The van der Waals surface area contributed by atoms with Crippen molar-refractivity contribution in [2.45, 2.75) is 6.92 Å². The first-order valence-corrected chi connectivity index (χ1v) is 12.0. The summed E-state index contributed by atoms with van der Waals surface area (Å²) in [7, 11) is 0. The van der Waals surface area contributed by atoms with Gasteiger partial charge in [-0.1, -0.05) is 89.9 Å². The standard InChI is InChI=1S/C31H22Cl2O3/c1-20-19-28(36)31(27(35)18-16-22-10-6-8-14-25(22)33)30(23-11-3-2-4-12-23)29(20)26(34)17-15-21-9-5-7-13-24(21)32/h2-19,36H,1H3/b17-15+,18-16+. The van der Waals surface area contributed by atoms with Crippen molar-refractivity contribution in [2.75, 3.05) is 0 Å². The number of carbonyl (C=O) groups is 2. The highest BCUT2D eigenvalue weighted by Crippen LogP contribution is 2.37. The second-order valence-corrected chi connectivity index (χ2v) is 8.96. The number of carbonyl (C=O) groups excluding carboxylic acids is 2. The molecule has 0 atom stereocenters. The van der Waals surface area contributed by atoms with Gasteiger partial charge in [0, 0.05) is 21.2 Å². The molecule has 5 heteroatoms. The van der Waals surface area contributed by atoms with E-state index in [1.54, 1.807) is 55.5 Å². The third kappa shape index (κ3) is 5.49. The first kappa shape index (κ1) is 25.2. The average molecular weight is 513 g/mol. The minimum atomic E-state index is -0.449. The highest BCUT2D eigenvalue weighted by atomic mass is 35.5. The fourth-order valence-electron chi connectivity index (χ4n) is 3.98. The molecule has 4 aromatic rings. The Morgan fingerprint density at radius 3 is 1.69 bits per heavy atom. The van der Waals surface area contributed by atoms with Crippen LogP contribution in [-0.2, 0) is 0 Å². The lowest BCUT2D eigenvalue weighted by Gasteiger charge is -2.16. The van der Waals surface area contributed by atoms with Crippen LogP contribution in [-0.4, -0.2) is 16.7 Å². The first-order chi connectivity index (χ1) is 17.4. The second kappa shape index (κ2) is 11.2. The van der Waals surface area contributed by atoms with Crippen LogP contribution in [0.1, 0.15) is 37.4 Å². The molecule has 36 heavy (non-hydrogen) atoms. The lowest BCUT2D eigenvalue weighted by molar-refractivity contribution is 0.104. The van der Waals surface area contributed by atoms with Crippen molar-refractivity contribution in [3.63, 3.8) is 0 Å². The van der Waals surface area contributed by atoms with Crippen LogP contribution in [0.5, 0.6) is 5.75 Å². The fraction of sp³-hybridized carbons (Fsp3) is 0.0323. The molecule has 0 saturated carbocycles. The molecule has 4 rings (SSSR count). The van der Waals surface area contributed by atoms with Crippen LogP contribution in [0.15, 0.2) is 97.1 Å². The Bertz CT molecular complexity index is 1410. The Morgan fingerprint density at radius 1 is 0.694 bits per heavy atom. The van der Waals surface area contributed by atoms with Crippen molar-refractivity contribution >= 4 is 46.9 Å². The molecule has 178 valence electrons. The topological polar surface area (TPSA) is 54.4 Å². The van der Waals surface area contributed by atoms with E-state index in [0.29, 0.717) is 43.4 Å². The molecule has 0 aliphatic rings. The molecule has 1 N–H and O–H groups in total. The zero-order valence-corrected chi connectivity index (χ0v) is 20.9. The van der Waals surface area contributed by atoms with E-state index in [4.69, 9.17) is 23.2 Å². The van der Waals surface area contributed by atoms with E-state index in [0.717, 1.165) is 0 Å². The van der Waals surface area contributed by atoms with Gasteiger partial charge in [-0.15, -0.1) is 0 Å². The molecule has 0 spiro atoms. The van der Waals surface area contributed by atoms with Crippen molar-refractivity contribution in [3.05, 3.63) is 135 Å². The Morgan fingerprint density at radius 2 is 1.17 bits per heavy atom. The van der Waals surface area contributed by atoms with Gasteiger partial charge in [0.2, 0.25) is 0 Å². The number of allylic oxidation sites excluding steroid dienone is 2.